The second-order valence-electron chi connectivity index (χ2n) is 4.78. The third-order valence-corrected chi connectivity index (χ3v) is 3.28. The number of halogens is 3. The van der Waals surface area contributed by atoms with Crippen LogP contribution in [0.25, 0.3) is 0 Å². The van der Waals surface area contributed by atoms with Crippen molar-refractivity contribution in [2.24, 2.45) is 0 Å². The molecule has 1 aliphatic rings. The van der Waals surface area contributed by atoms with E-state index in [2.05, 4.69) is 0 Å². The van der Waals surface area contributed by atoms with Crippen LogP contribution < -0.4 is 10.6 Å². The third-order valence-electron chi connectivity index (χ3n) is 3.28. The molecule has 3 nitrogen and oxygen atoms in total. The van der Waals surface area contributed by atoms with Gasteiger partial charge < -0.3 is 15.4 Å². The van der Waals surface area contributed by atoms with Crippen LogP contribution >= 0.6 is 0 Å². The summed E-state index contributed by atoms with van der Waals surface area (Å²) in [5.41, 5.74) is 4.84. The van der Waals surface area contributed by atoms with Crippen LogP contribution in [0.2, 0.25) is 0 Å². The number of nitrogens with two attached hydrogens (primary N) is 1. The maximum Gasteiger partial charge on any atom is 0.418 e. The highest BCUT2D eigenvalue weighted by Crippen LogP contribution is 2.35. The highest BCUT2D eigenvalue weighted by molar-refractivity contribution is 5.59. The van der Waals surface area contributed by atoms with E-state index in [-0.39, 0.29) is 11.8 Å². The first-order valence-electron chi connectivity index (χ1n) is 6.17. The number of hydrogen-bond acceptors (Lipinski definition) is 3. The van der Waals surface area contributed by atoms with Gasteiger partial charge in [-0.2, -0.15) is 13.2 Å². The Morgan fingerprint density at radius 3 is 2.74 bits per heavy atom. The number of nitrogens with zero attached hydrogens (tertiary/aromatic N) is 1. The summed E-state index contributed by atoms with van der Waals surface area (Å²) in [6, 6.07) is 3.98. The van der Waals surface area contributed by atoms with Gasteiger partial charge in [0.25, 0.3) is 0 Å². The van der Waals surface area contributed by atoms with Crippen LogP contribution in [0.3, 0.4) is 0 Å². The third kappa shape index (κ3) is 3.32. The van der Waals surface area contributed by atoms with Crippen molar-refractivity contribution >= 4 is 11.4 Å². The van der Waals surface area contributed by atoms with E-state index in [1.54, 1.807) is 18.0 Å². The Labute approximate surface area is 110 Å². The summed E-state index contributed by atoms with van der Waals surface area (Å²) in [4.78, 5) is 1.77. The fraction of sp³-hybridized carbons (Fsp3) is 0.538. The summed E-state index contributed by atoms with van der Waals surface area (Å²) in [7, 11) is 1.76. The number of anilines is 2. The van der Waals surface area contributed by atoms with Crippen molar-refractivity contribution in [2.45, 2.75) is 25.1 Å². The quantitative estimate of drug-likeness (QED) is 0.861. The topological polar surface area (TPSA) is 38.5 Å². The molecule has 1 aromatic carbocycles. The van der Waals surface area contributed by atoms with E-state index in [4.69, 9.17) is 10.5 Å². The molecule has 1 aliphatic heterocycles. The van der Waals surface area contributed by atoms with Gasteiger partial charge >= 0.3 is 6.18 Å². The Bertz CT molecular complexity index is 442. The number of alkyl halides is 3. The van der Waals surface area contributed by atoms with Crippen molar-refractivity contribution in [3.05, 3.63) is 23.8 Å². The summed E-state index contributed by atoms with van der Waals surface area (Å²) in [5, 5.41) is 0. The Kier molecular flexibility index (Phi) is 3.89. The molecule has 2 rings (SSSR count). The van der Waals surface area contributed by atoms with Gasteiger partial charge in [0.05, 0.1) is 11.7 Å². The van der Waals surface area contributed by atoms with Crippen molar-refractivity contribution in [2.75, 3.05) is 30.8 Å². The molecule has 0 spiro atoms. The van der Waals surface area contributed by atoms with E-state index in [0.717, 1.165) is 25.5 Å². The van der Waals surface area contributed by atoms with Crippen LogP contribution in [0.1, 0.15) is 18.4 Å². The first-order valence-corrected chi connectivity index (χ1v) is 6.17. The molecule has 1 unspecified atom stereocenters. The lowest BCUT2D eigenvalue weighted by molar-refractivity contribution is -0.136. The first kappa shape index (κ1) is 14.0. The maximum atomic E-state index is 12.8. The van der Waals surface area contributed by atoms with Gasteiger partial charge in [-0.1, -0.05) is 0 Å². The Morgan fingerprint density at radius 2 is 2.16 bits per heavy atom. The lowest BCUT2D eigenvalue weighted by Gasteiger charge is -2.24. The van der Waals surface area contributed by atoms with Crippen LogP contribution in [-0.2, 0) is 10.9 Å². The summed E-state index contributed by atoms with van der Waals surface area (Å²) >= 11 is 0. The van der Waals surface area contributed by atoms with Gasteiger partial charge in [-0.3, -0.25) is 0 Å². The fourth-order valence-corrected chi connectivity index (χ4v) is 2.23. The molecule has 1 heterocycles. The van der Waals surface area contributed by atoms with Gasteiger partial charge in [0.2, 0.25) is 0 Å². The average molecular weight is 274 g/mol. The minimum absolute atomic E-state index is 0.0943. The summed E-state index contributed by atoms with van der Waals surface area (Å²) in [5.74, 6) is 0. The van der Waals surface area contributed by atoms with Gasteiger partial charge in [0, 0.05) is 31.6 Å². The van der Waals surface area contributed by atoms with Gasteiger partial charge in [0.15, 0.2) is 0 Å². The smallest absolute Gasteiger partial charge is 0.398 e. The zero-order valence-corrected chi connectivity index (χ0v) is 10.7. The van der Waals surface area contributed by atoms with E-state index in [9.17, 15) is 13.2 Å². The zero-order chi connectivity index (χ0) is 14.0. The van der Waals surface area contributed by atoms with Crippen LogP contribution in [0.15, 0.2) is 18.2 Å². The summed E-state index contributed by atoms with van der Waals surface area (Å²) in [6.07, 6.45) is -2.37. The zero-order valence-electron chi connectivity index (χ0n) is 10.7. The Morgan fingerprint density at radius 1 is 1.42 bits per heavy atom. The first-order chi connectivity index (χ1) is 8.88. The lowest BCUT2D eigenvalue weighted by Crippen LogP contribution is -2.28. The van der Waals surface area contributed by atoms with Gasteiger partial charge in [-0.15, -0.1) is 0 Å². The van der Waals surface area contributed by atoms with Crippen molar-refractivity contribution in [3.8, 4) is 0 Å². The lowest BCUT2D eigenvalue weighted by atomic mass is 10.1. The average Bonchev–Trinajstić information content (AvgIpc) is 2.80. The minimum Gasteiger partial charge on any atom is -0.398 e. The monoisotopic (exact) mass is 274 g/mol. The second-order valence-corrected chi connectivity index (χ2v) is 4.78. The molecule has 0 saturated carbocycles. The molecule has 0 amide bonds. The molecule has 6 heteroatoms. The van der Waals surface area contributed by atoms with Gasteiger partial charge in [-0.25, -0.2) is 0 Å². The van der Waals surface area contributed by atoms with E-state index in [1.165, 1.54) is 6.07 Å². The number of nitrogen functional groups attached to an aromatic ring is 1. The SMILES string of the molecule is CN(CC1CCCO1)c1ccc(N)c(C(F)(F)F)c1. The van der Waals surface area contributed by atoms with Gasteiger partial charge in [-0.05, 0) is 31.0 Å². The van der Waals surface area contributed by atoms with Crippen molar-refractivity contribution in [1.82, 2.24) is 0 Å². The molecule has 1 atom stereocenters. The standard InChI is InChI=1S/C13H17F3N2O/c1-18(8-10-3-2-6-19-10)9-4-5-12(17)11(7-9)13(14,15)16/h4-5,7,10H,2-3,6,8,17H2,1H3. The fourth-order valence-electron chi connectivity index (χ4n) is 2.23. The molecule has 0 aliphatic carbocycles. The number of benzene rings is 1. The molecule has 2 N–H and O–H groups in total. The maximum absolute atomic E-state index is 12.8. The minimum atomic E-state index is -4.43. The summed E-state index contributed by atoms with van der Waals surface area (Å²) < 4.78 is 43.8. The molecular weight excluding hydrogens is 257 g/mol. The number of likely N-dealkylation sites (N-methyl/N-ethyl adjacent to an activating group) is 1. The van der Waals surface area contributed by atoms with E-state index in [0.29, 0.717) is 12.2 Å². The van der Waals surface area contributed by atoms with Crippen molar-refractivity contribution in [1.29, 1.82) is 0 Å². The van der Waals surface area contributed by atoms with Crippen molar-refractivity contribution in [3.63, 3.8) is 0 Å². The van der Waals surface area contributed by atoms with Crippen LogP contribution in [0.4, 0.5) is 24.5 Å². The Balaban J connectivity index is 2.15. The molecular formula is C13H17F3N2O. The van der Waals surface area contributed by atoms with E-state index in [1.807, 2.05) is 0 Å². The number of ether oxygens (including phenoxy) is 1. The number of rotatable bonds is 3. The largest absolute Gasteiger partial charge is 0.418 e. The predicted molar refractivity (Wildman–Crippen MR) is 68.1 cm³/mol. The molecule has 0 aromatic heterocycles. The molecule has 106 valence electrons. The summed E-state index contributed by atoms with van der Waals surface area (Å²) in [6.45, 7) is 1.31. The molecule has 0 bridgehead atoms. The molecule has 19 heavy (non-hydrogen) atoms. The second kappa shape index (κ2) is 5.28. The number of hydrogen-bond donors (Lipinski definition) is 1. The van der Waals surface area contributed by atoms with E-state index < -0.39 is 11.7 Å². The normalized spacial score (nSPS) is 19.7. The predicted octanol–water partition coefficient (Wildman–Crippen LogP) is 2.90. The molecule has 0 radical (unpaired) electrons. The van der Waals surface area contributed by atoms with Gasteiger partial charge in [0.1, 0.15) is 0 Å². The highest BCUT2D eigenvalue weighted by Gasteiger charge is 2.33. The molecule has 1 saturated heterocycles. The molecule has 1 fully saturated rings. The van der Waals surface area contributed by atoms with Crippen LogP contribution in [0.5, 0.6) is 0 Å². The Hall–Kier alpha value is -1.43. The van der Waals surface area contributed by atoms with Crippen molar-refractivity contribution < 1.29 is 17.9 Å². The molecule has 1 aromatic rings. The van der Waals surface area contributed by atoms with E-state index >= 15 is 0 Å². The highest BCUT2D eigenvalue weighted by atomic mass is 19.4. The van der Waals surface area contributed by atoms with Crippen LogP contribution in [-0.4, -0.2) is 26.3 Å². The van der Waals surface area contributed by atoms with Crippen LogP contribution in [0, 0.1) is 0 Å².